The molecule has 11 nitrogen and oxygen atoms in total. The number of aliphatic hydroxyl groups excluding tert-OH is 1. The zero-order valence-electron chi connectivity index (χ0n) is 22.9. The van der Waals surface area contributed by atoms with E-state index in [-0.39, 0.29) is 25.0 Å². The Labute approximate surface area is 247 Å². The van der Waals surface area contributed by atoms with Crippen molar-refractivity contribution < 1.29 is 24.2 Å². The fourth-order valence-corrected chi connectivity index (χ4v) is 4.83. The number of fused-ring (bicyclic) bond motifs is 1. The topological polar surface area (TPSA) is 132 Å². The number of hydrogen-bond acceptors (Lipinski definition) is 8. The zero-order valence-corrected chi connectivity index (χ0v) is 23.6. The van der Waals surface area contributed by atoms with Crippen LogP contribution in [0.15, 0.2) is 67.0 Å². The lowest BCUT2D eigenvalue weighted by Crippen LogP contribution is -2.36. The van der Waals surface area contributed by atoms with Crippen molar-refractivity contribution in [3.63, 3.8) is 0 Å². The highest BCUT2D eigenvalue weighted by Gasteiger charge is 2.26. The highest BCUT2D eigenvalue weighted by atomic mass is 35.5. The number of nitrogens with zero attached hydrogens (tertiary/aromatic N) is 5. The lowest BCUT2D eigenvalue weighted by molar-refractivity contribution is -0.126. The molecule has 42 heavy (non-hydrogen) atoms. The van der Waals surface area contributed by atoms with Crippen LogP contribution in [0.25, 0.3) is 11.8 Å². The van der Waals surface area contributed by atoms with Crippen molar-refractivity contribution in [3.05, 3.63) is 99.8 Å². The zero-order chi connectivity index (χ0) is 29.5. The van der Waals surface area contributed by atoms with Crippen molar-refractivity contribution in [1.82, 2.24) is 25.1 Å². The molecule has 0 radical (unpaired) electrons. The van der Waals surface area contributed by atoms with Gasteiger partial charge in [0, 0.05) is 48.1 Å². The van der Waals surface area contributed by atoms with E-state index in [2.05, 4.69) is 20.8 Å². The molecule has 1 aliphatic rings. The number of anilines is 1. The van der Waals surface area contributed by atoms with Crippen LogP contribution in [0.3, 0.4) is 0 Å². The number of halogens is 1. The number of nitrogens with one attached hydrogen (secondary N) is 1. The highest BCUT2D eigenvalue weighted by molar-refractivity contribution is 6.30. The predicted octanol–water partition coefficient (Wildman–Crippen LogP) is 3.68. The molecule has 0 aliphatic carbocycles. The van der Waals surface area contributed by atoms with Crippen LogP contribution in [0.5, 0.6) is 5.75 Å². The van der Waals surface area contributed by atoms with Crippen molar-refractivity contribution in [2.24, 2.45) is 0 Å². The van der Waals surface area contributed by atoms with Gasteiger partial charge in [0.25, 0.3) is 5.91 Å². The number of carbonyl (C=O) groups excluding carboxylic acids is 2. The molecule has 4 aromatic rings. The largest absolute Gasteiger partial charge is 0.491 e. The second-order valence-corrected chi connectivity index (χ2v) is 10.00. The predicted molar refractivity (Wildman–Crippen MR) is 156 cm³/mol. The molecule has 2 heterocycles. The van der Waals surface area contributed by atoms with Gasteiger partial charge in [-0.15, -0.1) is 5.10 Å². The van der Waals surface area contributed by atoms with Crippen LogP contribution in [0.4, 0.5) is 5.69 Å². The van der Waals surface area contributed by atoms with E-state index in [1.807, 2.05) is 6.07 Å². The molecule has 2 N–H and O–H groups in total. The molecular weight excluding hydrogens is 560 g/mol. The van der Waals surface area contributed by atoms with E-state index in [4.69, 9.17) is 21.1 Å². The van der Waals surface area contributed by atoms with Crippen LogP contribution < -0.4 is 10.1 Å². The van der Waals surface area contributed by atoms with Gasteiger partial charge in [0.1, 0.15) is 18.7 Å². The Bertz CT molecular complexity index is 1590. The number of rotatable bonds is 10. The first-order chi connectivity index (χ1) is 20.4. The lowest BCUT2D eigenvalue weighted by Gasteiger charge is -2.30. The summed E-state index contributed by atoms with van der Waals surface area (Å²) in [5.41, 5.74) is 4.78. The van der Waals surface area contributed by atoms with E-state index in [0.29, 0.717) is 59.5 Å². The first-order valence-electron chi connectivity index (χ1n) is 13.2. The van der Waals surface area contributed by atoms with Crippen LogP contribution in [-0.4, -0.2) is 68.9 Å². The molecular formula is C30H29ClN6O5. The minimum atomic E-state index is -0.324. The minimum absolute atomic E-state index is 0.0861. The Morgan fingerprint density at radius 2 is 1.95 bits per heavy atom. The Balaban J connectivity index is 1.39. The van der Waals surface area contributed by atoms with Crippen LogP contribution >= 0.6 is 11.6 Å². The summed E-state index contributed by atoms with van der Waals surface area (Å²) < 4.78 is 12.4. The number of tetrazole rings is 1. The molecule has 0 spiro atoms. The summed E-state index contributed by atoms with van der Waals surface area (Å²) in [7, 11) is 1.59. The van der Waals surface area contributed by atoms with Crippen molar-refractivity contribution in [1.29, 1.82) is 0 Å². The van der Waals surface area contributed by atoms with E-state index < -0.39 is 0 Å². The molecule has 0 fully saturated rings. The number of amides is 2. The third kappa shape index (κ3) is 6.82. The van der Waals surface area contributed by atoms with Gasteiger partial charge in [0.05, 0.1) is 18.9 Å². The van der Waals surface area contributed by atoms with Crippen LogP contribution in [0, 0.1) is 0 Å². The van der Waals surface area contributed by atoms with Gasteiger partial charge in [-0.25, -0.2) is 0 Å². The third-order valence-corrected chi connectivity index (χ3v) is 7.05. The molecule has 5 rings (SSSR count). The smallest absolute Gasteiger partial charge is 0.256 e. The van der Waals surface area contributed by atoms with Crippen molar-refractivity contribution in [2.75, 3.05) is 32.2 Å². The second kappa shape index (κ2) is 13.4. The van der Waals surface area contributed by atoms with Gasteiger partial charge < -0.3 is 24.8 Å². The van der Waals surface area contributed by atoms with Gasteiger partial charge in [-0.1, -0.05) is 23.7 Å². The van der Waals surface area contributed by atoms with E-state index in [1.165, 1.54) is 17.1 Å². The van der Waals surface area contributed by atoms with Gasteiger partial charge in [-0.05, 0) is 82.1 Å². The molecule has 1 aliphatic heterocycles. The summed E-state index contributed by atoms with van der Waals surface area (Å²) in [4.78, 5) is 28.5. The van der Waals surface area contributed by atoms with Crippen LogP contribution in [0.2, 0.25) is 5.02 Å². The number of methoxy groups -OCH3 is 1. The quantitative estimate of drug-likeness (QED) is 0.212. The van der Waals surface area contributed by atoms with E-state index in [9.17, 15) is 14.7 Å². The van der Waals surface area contributed by atoms with Crippen molar-refractivity contribution in [3.8, 4) is 11.4 Å². The molecule has 216 valence electrons. The number of benzene rings is 3. The molecule has 0 bridgehead atoms. The summed E-state index contributed by atoms with van der Waals surface area (Å²) in [5.74, 6) is 0.0204. The maximum absolute atomic E-state index is 13.5. The standard InChI is InChI=1S/C30H29ClN6O5/c1-41-12-13-42-25-15-21-10-11-36(17-27(21)26(16-25)30(40)33-24-6-2-20(18-38)3-7-24)29(39)9-4-22-14-23(31)5-8-28(22)37-19-32-34-35-37/h2-9,14-16,19,38H,10-13,17-18H2,1H3,(H,33,40)/b9-4+. The lowest BCUT2D eigenvalue weighted by atomic mass is 9.93. The molecule has 12 heteroatoms. The maximum Gasteiger partial charge on any atom is 0.256 e. The molecule has 2 amide bonds. The fraction of sp³-hybridized carbons (Fsp3) is 0.233. The average Bonchev–Trinajstić information content (AvgIpc) is 3.54. The summed E-state index contributed by atoms with van der Waals surface area (Å²) in [6.07, 6.45) is 5.17. The summed E-state index contributed by atoms with van der Waals surface area (Å²) in [6, 6.07) is 15.8. The van der Waals surface area contributed by atoms with Crippen molar-refractivity contribution in [2.45, 2.75) is 19.6 Å². The van der Waals surface area contributed by atoms with E-state index in [0.717, 1.165) is 16.7 Å². The van der Waals surface area contributed by atoms with Gasteiger partial charge in [0.2, 0.25) is 5.91 Å². The number of hydrogen-bond donors (Lipinski definition) is 2. The van der Waals surface area contributed by atoms with E-state index in [1.54, 1.807) is 66.6 Å². The number of aliphatic hydroxyl groups is 1. The Kier molecular flexibility index (Phi) is 9.22. The second-order valence-electron chi connectivity index (χ2n) is 9.56. The first kappa shape index (κ1) is 28.9. The van der Waals surface area contributed by atoms with Gasteiger partial charge in [-0.3, -0.25) is 9.59 Å². The van der Waals surface area contributed by atoms with Crippen LogP contribution in [-0.2, 0) is 29.1 Å². The van der Waals surface area contributed by atoms with Gasteiger partial charge >= 0.3 is 0 Å². The Hall–Kier alpha value is -4.58. The normalized spacial score (nSPS) is 12.8. The molecule has 0 atom stereocenters. The Morgan fingerprint density at radius 3 is 2.69 bits per heavy atom. The highest BCUT2D eigenvalue weighted by Crippen LogP contribution is 2.29. The van der Waals surface area contributed by atoms with Crippen molar-refractivity contribution >= 4 is 35.2 Å². The number of ether oxygens (including phenoxy) is 2. The molecule has 0 saturated heterocycles. The Morgan fingerprint density at radius 1 is 1.12 bits per heavy atom. The summed E-state index contributed by atoms with van der Waals surface area (Å²) >= 11 is 6.22. The summed E-state index contributed by atoms with van der Waals surface area (Å²) in [5, 5.41) is 24.0. The maximum atomic E-state index is 13.5. The average molecular weight is 589 g/mol. The molecule has 3 aromatic carbocycles. The molecule has 0 saturated carbocycles. The number of carbonyl (C=O) groups is 2. The van der Waals surface area contributed by atoms with E-state index >= 15 is 0 Å². The minimum Gasteiger partial charge on any atom is -0.491 e. The fourth-order valence-electron chi connectivity index (χ4n) is 4.65. The molecule has 1 aromatic heterocycles. The molecule has 0 unspecified atom stereocenters. The SMILES string of the molecule is COCCOc1cc2c(c(C(=O)Nc3ccc(CO)cc3)c1)CN(C(=O)/C=C/c1cc(Cl)ccc1-n1cnnn1)CC2. The number of aromatic nitrogens is 4. The van der Waals surface area contributed by atoms with Crippen LogP contribution in [0.1, 0.15) is 32.6 Å². The van der Waals surface area contributed by atoms with Gasteiger partial charge in [-0.2, -0.15) is 4.68 Å². The summed E-state index contributed by atoms with van der Waals surface area (Å²) in [6.45, 7) is 1.38. The monoisotopic (exact) mass is 588 g/mol. The van der Waals surface area contributed by atoms with Gasteiger partial charge in [0.15, 0.2) is 0 Å². The first-order valence-corrected chi connectivity index (χ1v) is 13.6. The third-order valence-electron chi connectivity index (χ3n) is 6.81.